The Morgan fingerprint density at radius 3 is 3.08 bits per heavy atom. The van der Waals surface area contributed by atoms with Gasteiger partial charge in [0.25, 0.3) is 0 Å². The van der Waals surface area contributed by atoms with Crippen LogP contribution in [0.2, 0.25) is 5.02 Å². The minimum Gasteiger partial charge on any atom is -0.486 e. The van der Waals surface area contributed by atoms with Crippen molar-refractivity contribution in [2.75, 3.05) is 6.61 Å². The highest BCUT2D eigenvalue weighted by molar-refractivity contribution is 9.10. The molecule has 1 unspecified atom stereocenters. The topological polar surface area (TPSA) is 29.5 Å². The van der Waals surface area contributed by atoms with Crippen LogP contribution in [0.25, 0.3) is 0 Å². The van der Waals surface area contributed by atoms with Crippen molar-refractivity contribution in [2.24, 2.45) is 0 Å². The molecule has 1 atom stereocenters. The quantitative estimate of drug-likeness (QED) is 0.843. The molecule has 1 N–H and O–H groups in total. The molecule has 0 spiro atoms. The van der Waals surface area contributed by atoms with Gasteiger partial charge in [-0.2, -0.15) is 0 Å². The van der Waals surface area contributed by atoms with Crippen LogP contribution < -0.4 is 4.74 Å². The Morgan fingerprint density at radius 1 is 1.62 bits per heavy atom. The highest BCUT2D eigenvalue weighted by atomic mass is 79.9. The molecular formula is C9H8BrClO2. The van der Waals surface area contributed by atoms with E-state index in [9.17, 15) is 0 Å². The van der Waals surface area contributed by atoms with Gasteiger partial charge >= 0.3 is 0 Å². The number of ether oxygens (including phenoxy) is 1. The zero-order chi connectivity index (χ0) is 9.42. The fourth-order valence-corrected chi connectivity index (χ4v) is 2.42. The molecule has 0 saturated carbocycles. The van der Waals surface area contributed by atoms with Gasteiger partial charge in [-0.3, -0.25) is 0 Å². The molecule has 13 heavy (non-hydrogen) atoms. The molecule has 1 aromatic rings. The lowest BCUT2D eigenvalue weighted by molar-refractivity contribution is 0.134. The zero-order valence-corrected chi connectivity index (χ0v) is 9.10. The third-order valence-electron chi connectivity index (χ3n) is 2.02. The van der Waals surface area contributed by atoms with Crippen LogP contribution in [0, 0.1) is 0 Å². The molecule has 2 nitrogen and oxygen atoms in total. The van der Waals surface area contributed by atoms with Crippen molar-refractivity contribution in [2.45, 2.75) is 12.5 Å². The first kappa shape index (κ1) is 9.31. The van der Waals surface area contributed by atoms with Crippen molar-refractivity contribution in [3.05, 3.63) is 27.2 Å². The van der Waals surface area contributed by atoms with E-state index in [4.69, 9.17) is 21.4 Å². The number of aliphatic hydroxyl groups excluding tert-OH is 1. The Morgan fingerprint density at radius 2 is 2.38 bits per heavy atom. The Bertz CT molecular complexity index is 341. The predicted octanol–water partition coefficient (Wildman–Crippen LogP) is 2.40. The maximum atomic E-state index is 8.93. The fraction of sp³-hybridized carbons (Fsp3) is 0.333. The summed E-state index contributed by atoms with van der Waals surface area (Å²) in [7, 11) is 0. The van der Waals surface area contributed by atoms with Gasteiger partial charge < -0.3 is 9.84 Å². The minimum absolute atomic E-state index is 0.0404. The number of aliphatic hydroxyl groups is 1. The summed E-state index contributed by atoms with van der Waals surface area (Å²) in [6.45, 7) is 0.0404. The largest absolute Gasteiger partial charge is 0.486 e. The second-order valence-electron chi connectivity index (χ2n) is 3.00. The SMILES string of the molecule is OCC1Cc2cc(Cl)cc(Br)c2O1. The Balaban J connectivity index is 2.40. The van der Waals surface area contributed by atoms with Crippen LogP contribution in [0.5, 0.6) is 5.75 Å². The number of halogens is 2. The lowest BCUT2D eigenvalue weighted by atomic mass is 10.1. The van der Waals surface area contributed by atoms with E-state index in [0.717, 1.165) is 22.2 Å². The molecular weight excluding hydrogens is 255 g/mol. The normalized spacial score (nSPS) is 19.8. The van der Waals surface area contributed by atoms with Crippen molar-refractivity contribution in [1.82, 2.24) is 0 Å². The van der Waals surface area contributed by atoms with E-state index in [1.165, 1.54) is 0 Å². The molecule has 0 bridgehead atoms. The summed E-state index contributed by atoms with van der Waals surface area (Å²) in [6, 6.07) is 3.66. The van der Waals surface area contributed by atoms with Gasteiger partial charge in [-0.05, 0) is 28.1 Å². The summed E-state index contributed by atoms with van der Waals surface area (Å²) < 4.78 is 6.34. The van der Waals surface area contributed by atoms with Crippen molar-refractivity contribution in [3.8, 4) is 5.75 Å². The van der Waals surface area contributed by atoms with Crippen LogP contribution in [0.4, 0.5) is 0 Å². The van der Waals surface area contributed by atoms with E-state index < -0.39 is 0 Å². The number of benzene rings is 1. The first-order chi connectivity index (χ1) is 6.20. The molecule has 0 aliphatic carbocycles. The molecule has 1 aliphatic rings. The van der Waals surface area contributed by atoms with E-state index >= 15 is 0 Å². The highest BCUT2D eigenvalue weighted by Crippen LogP contribution is 2.38. The monoisotopic (exact) mass is 262 g/mol. The fourth-order valence-electron chi connectivity index (χ4n) is 1.45. The minimum atomic E-state index is -0.121. The smallest absolute Gasteiger partial charge is 0.137 e. The molecule has 0 fully saturated rings. The lowest BCUT2D eigenvalue weighted by Crippen LogP contribution is -2.17. The van der Waals surface area contributed by atoms with Crippen molar-refractivity contribution < 1.29 is 9.84 Å². The van der Waals surface area contributed by atoms with Crippen LogP contribution in [0.15, 0.2) is 16.6 Å². The Hall–Kier alpha value is -0.250. The molecule has 0 aromatic heterocycles. The molecule has 70 valence electrons. The van der Waals surface area contributed by atoms with Gasteiger partial charge in [0.1, 0.15) is 11.9 Å². The molecule has 1 aliphatic heterocycles. The number of hydrogen-bond donors (Lipinski definition) is 1. The molecule has 0 radical (unpaired) electrons. The molecule has 0 saturated heterocycles. The van der Waals surface area contributed by atoms with Gasteiger partial charge in [-0.15, -0.1) is 0 Å². The van der Waals surface area contributed by atoms with Gasteiger partial charge in [-0.1, -0.05) is 11.6 Å². The number of fused-ring (bicyclic) bond motifs is 1. The average Bonchev–Trinajstić information content (AvgIpc) is 2.47. The van der Waals surface area contributed by atoms with Crippen molar-refractivity contribution in [1.29, 1.82) is 0 Å². The summed E-state index contributed by atoms with van der Waals surface area (Å²) in [5, 5.41) is 9.61. The average molecular weight is 264 g/mol. The van der Waals surface area contributed by atoms with E-state index in [0.29, 0.717) is 5.02 Å². The van der Waals surface area contributed by atoms with Crippen LogP contribution in [0.3, 0.4) is 0 Å². The molecule has 4 heteroatoms. The van der Waals surface area contributed by atoms with E-state index in [1.807, 2.05) is 6.07 Å². The van der Waals surface area contributed by atoms with E-state index in [1.54, 1.807) is 6.07 Å². The summed E-state index contributed by atoms with van der Waals surface area (Å²) in [5.41, 5.74) is 1.05. The number of hydrogen-bond acceptors (Lipinski definition) is 2. The summed E-state index contributed by atoms with van der Waals surface area (Å²) in [4.78, 5) is 0. The van der Waals surface area contributed by atoms with Crippen LogP contribution in [-0.2, 0) is 6.42 Å². The van der Waals surface area contributed by atoms with Gasteiger partial charge in [0.2, 0.25) is 0 Å². The van der Waals surface area contributed by atoms with Crippen molar-refractivity contribution >= 4 is 27.5 Å². The van der Waals surface area contributed by atoms with Crippen LogP contribution in [0.1, 0.15) is 5.56 Å². The summed E-state index contributed by atoms with van der Waals surface area (Å²) in [6.07, 6.45) is 0.607. The Kier molecular flexibility index (Phi) is 2.49. The third-order valence-corrected chi connectivity index (χ3v) is 2.83. The maximum Gasteiger partial charge on any atom is 0.137 e. The first-order valence-electron chi connectivity index (χ1n) is 3.96. The first-order valence-corrected chi connectivity index (χ1v) is 5.13. The van der Waals surface area contributed by atoms with Crippen LogP contribution >= 0.6 is 27.5 Å². The molecule has 1 aromatic carbocycles. The Labute approximate surface area is 89.6 Å². The van der Waals surface area contributed by atoms with E-state index in [-0.39, 0.29) is 12.7 Å². The van der Waals surface area contributed by atoms with Crippen LogP contribution in [-0.4, -0.2) is 17.8 Å². The zero-order valence-electron chi connectivity index (χ0n) is 6.76. The van der Waals surface area contributed by atoms with Gasteiger partial charge in [-0.25, -0.2) is 0 Å². The lowest BCUT2D eigenvalue weighted by Gasteiger charge is -2.06. The third kappa shape index (κ3) is 1.68. The van der Waals surface area contributed by atoms with E-state index in [2.05, 4.69) is 15.9 Å². The molecule has 1 heterocycles. The predicted molar refractivity (Wildman–Crippen MR) is 54.4 cm³/mol. The summed E-state index contributed by atoms with van der Waals surface area (Å²) >= 11 is 9.24. The summed E-state index contributed by atoms with van der Waals surface area (Å²) in [5.74, 6) is 0.809. The standard InChI is InChI=1S/C9H8BrClO2/c10-8-3-6(11)1-5-2-7(4-12)13-9(5)8/h1,3,7,12H,2,4H2. The number of rotatable bonds is 1. The molecule has 0 amide bonds. The van der Waals surface area contributed by atoms with Gasteiger partial charge in [0.05, 0.1) is 11.1 Å². The maximum absolute atomic E-state index is 8.93. The highest BCUT2D eigenvalue weighted by Gasteiger charge is 2.24. The van der Waals surface area contributed by atoms with Gasteiger partial charge in [0, 0.05) is 17.0 Å². The molecule has 2 rings (SSSR count). The van der Waals surface area contributed by atoms with Crippen molar-refractivity contribution in [3.63, 3.8) is 0 Å². The second kappa shape index (κ2) is 3.48. The van der Waals surface area contributed by atoms with Gasteiger partial charge in [0.15, 0.2) is 0 Å². The second-order valence-corrected chi connectivity index (χ2v) is 4.29.